The number of carbonyl (C=O) groups is 1. The van der Waals surface area contributed by atoms with Gasteiger partial charge in [-0.1, -0.05) is 12.1 Å². The molecule has 2 aromatic rings. The number of amides is 1. The minimum atomic E-state index is 0.0655. The highest BCUT2D eigenvalue weighted by Crippen LogP contribution is 2.36. The van der Waals surface area contributed by atoms with E-state index in [9.17, 15) is 4.79 Å². The minimum absolute atomic E-state index is 0.0655. The first-order valence-corrected chi connectivity index (χ1v) is 10.7. The molecule has 1 unspecified atom stereocenters. The van der Waals surface area contributed by atoms with Gasteiger partial charge < -0.3 is 19.1 Å². The van der Waals surface area contributed by atoms with Gasteiger partial charge in [-0.3, -0.25) is 9.69 Å². The number of thioether (sulfide) groups is 1. The van der Waals surface area contributed by atoms with Crippen LogP contribution < -0.4 is 19.1 Å². The van der Waals surface area contributed by atoms with E-state index in [-0.39, 0.29) is 11.9 Å². The molecule has 1 aliphatic rings. The molecule has 2 aromatic carbocycles. The van der Waals surface area contributed by atoms with E-state index in [0.29, 0.717) is 24.6 Å². The fourth-order valence-electron chi connectivity index (χ4n) is 3.81. The summed E-state index contributed by atoms with van der Waals surface area (Å²) in [6.07, 6.45) is 2.04. The lowest BCUT2D eigenvalue weighted by molar-refractivity contribution is -0.122. The Morgan fingerprint density at radius 2 is 1.69 bits per heavy atom. The molecular weight excluding hydrogens is 388 g/mol. The number of methoxy groups -OCH3 is 3. The van der Waals surface area contributed by atoms with Crippen LogP contribution in [0, 0.1) is 0 Å². The van der Waals surface area contributed by atoms with Crippen molar-refractivity contribution >= 4 is 23.4 Å². The first kappa shape index (κ1) is 21.3. The Morgan fingerprint density at radius 1 is 1.03 bits per heavy atom. The monoisotopic (exact) mass is 416 g/mol. The smallest absolute Gasteiger partial charge is 0.241 e. The molecule has 0 bridgehead atoms. The number of carbonyl (C=O) groups excluding carboxylic acids is 1. The van der Waals surface area contributed by atoms with Gasteiger partial charge in [0.25, 0.3) is 0 Å². The highest BCUT2D eigenvalue weighted by molar-refractivity contribution is 7.98. The maximum atomic E-state index is 13.1. The molecule has 1 heterocycles. The summed E-state index contributed by atoms with van der Waals surface area (Å²) >= 11 is 1.66. The number of rotatable bonds is 7. The third kappa shape index (κ3) is 4.46. The van der Waals surface area contributed by atoms with Crippen LogP contribution in [-0.4, -0.2) is 57.5 Å². The van der Waals surface area contributed by atoms with Crippen LogP contribution in [0.2, 0.25) is 0 Å². The zero-order valence-electron chi connectivity index (χ0n) is 17.6. The summed E-state index contributed by atoms with van der Waals surface area (Å²) in [5.41, 5.74) is 1.95. The Kier molecular flexibility index (Phi) is 6.92. The van der Waals surface area contributed by atoms with Gasteiger partial charge in [0, 0.05) is 35.7 Å². The third-order valence-electron chi connectivity index (χ3n) is 5.12. The normalized spacial score (nSPS) is 17.3. The number of hydrogen-bond donors (Lipinski definition) is 0. The fourth-order valence-corrected chi connectivity index (χ4v) is 4.40. The van der Waals surface area contributed by atoms with Crippen LogP contribution in [0.15, 0.2) is 41.3 Å². The molecule has 0 radical (unpaired) electrons. The maximum absolute atomic E-state index is 13.1. The molecule has 1 atom stereocenters. The molecule has 0 N–H and O–H groups in total. The molecular formula is C22H28N2O4S. The van der Waals surface area contributed by atoms with Gasteiger partial charge in [0.1, 0.15) is 5.75 Å². The van der Waals surface area contributed by atoms with E-state index in [1.165, 1.54) is 0 Å². The number of nitrogens with zero attached hydrogens (tertiary/aromatic N) is 2. The van der Waals surface area contributed by atoms with Crippen molar-refractivity contribution in [3.63, 3.8) is 0 Å². The Bertz CT molecular complexity index is 874. The molecule has 0 saturated carbocycles. The third-order valence-corrected chi connectivity index (χ3v) is 5.90. The van der Waals surface area contributed by atoms with Gasteiger partial charge in [0.2, 0.25) is 5.91 Å². The van der Waals surface area contributed by atoms with E-state index in [0.717, 1.165) is 28.4 Å². The first-order chi connectivity index (χ1) is 14.0. The predicted octanol–water partition coefficient (Wildman–Crippen LogP) is 3.67. The molecule has 0 aromatic heterocycles. The van der Waals surface area contributed by atoms with Crippen molar-refractivity contribution in [1.82, 2.24) is 4.90 Å². The van der Waals surface area contributed by atoms with E-state index in [1.807, 2.05) is 41.5 Å². The number of anilines is 1. The summed E-state index contributed by atoms with van der Waals surface area (Å²) in [4.78, 5) is 18.2. The number of hydrogen-bond acceptors (Lipinski definition) is 6. The van der Waals surface area contributed by atoms with Gasteiger partial charge in [-0.25, -0.2) is 0 Å². The Balaban J connectivity index is 1.81. The zero-order chi connectivity index (χ0) is 21.0. The van der Waals surface area contributed by atoms with E-state index in [4.69, 9.17) is 14.2 Å². The Labute approximate surface area is 176 Å². The summed E-state index contributed by atoms with van der Waals surface area (Å²) in [7, 11) is 4.85. The fraction of sp³-hybridized carbons (Fsp3) is 0.409. The maximum Gasteiger partial charge on any atom is 0.241 e. The molecule has 1 aliphatic heterocycles. The van der Waals surface area contributed by atoms with E-state index >= 15 is 0 Å². The van der Waals surface area contributed by atoms with Crippen molar-refractivity contribution in [1.29, 1.82) is 0 Å². The molecule has 6 nitrogen and oxygen atoms in total. The molecule has 156 valence electrons. The van der Waals surface area contributed by atoms with Gasteiger partial charge >= 0.3 is 0 Å². The second kappa shape index (κ2) is 9.41. The highest BCUT2D eigenvalue weighted by atomic mass is 32.2. The van der Waals surface area contributed by atoms with E-state index < -0.39 is 0 Å². The largest absolute Gasteiger partial charge is 0.496 e. The van der Waals surface area contributed by atoms with Crippen molar-refractivity contribution in [2.75, 3.05) is 45.6 Å². The molecule has 7 heteroatoms. The van der Waals surface area contributed by atoms with Crippen LogP contribution in [0.4, 0.5) is 5.69 Å². The Morgan fingerprint density at radius 3 is 2.31 bits per heavy atom. The summed E-state index contributed by atoms with van der Waals surface area (Å²) in [5.74, 6) is 2.09. The second-order valence-electron chi connectivity index (χ2n) is 6.97. The van der Waals surface area contributed by atoms with E-state index in [2.05, 4.69) is 17.9 Å². The lowest BCUT2D eigenvalue weighted by atomic mass is 10.1. The van der Waals surface area contributed by atoms with Crippen LogP contribution >= 0.6 is 11.8 Å². The van der Waals surface area contributed by atoms with Gasteiger partial charge in [-0.15, -0.1) is 11.8 Å². The quantitative estimate of drug-likeness (QED) is 0.642. The van der Waals surface area contributed by atoms with Crippen LogP contribution in [0.1, 0.15) is 12.5 Å². The highest BCUT2D eigenvalue weighted by Gasteiger charge is 2.32. The molecule has 3 rings (SSSR count). The van der Waals surface area contributed by atoms with Crippen LogP contribution in [0.25, 0.3) is 0 Å². The summed E-state index contributed by atoms with van der Waals surface area (Å²) in [5, 5.41) is 0. The Hall–Kier alpha value is -2.38. The SMILES string of the molecule is COc1cc(OC)c(OC)cc1CN1CC(=O)N(c2ccccc2SC)C(C)C1. The van der Waals surface area contributed by atoms with Gasteiger partial charge in [0.05, 0.1) is 33.6 Å². The van der Waals surface area contributed by atoms with Gasteiger partial charge in [-0.05, 0) is 31.4 Å². The number of benzene rings is 2. The predicted molar refractivity (Wildman–Crippen MR) is 117 cm³/mol. The van der Waals surface area contributed by atoms with Crippen LogP contribution in [-0.2, 0) is 11.3 Å². The van der Waals surface area contributed by atoms with Crippen molar-refractivity contribution in [2.45, 2.75) is 24.4 Å². The standard InChI is InChI=1S/C22H28N2O4S/c1-15-12-23(13-16-10-19(27-3)20(28-4)11-18(16)26-2)14-22(25)24(15)17-8-6-7-9-21(17)29-5/h6-11,15H,12-14H2,1-5H3. The average molecular weight is 417 g/mol. The summed E-state index contributed by atoms with van der Waals surface area (Å²) in [6.45, 7) is 3.81. The number of ether oxygens (including phenoxy) is 3. The van der Waals surface area contributed by atoms with Crippen molar-refractivity contribution in [3.8, 4) is 17.2 Å². The summed E-state index contributed by atoms with van der Waals surface area (Å²) in [6, 6.07) is 11.9. The molecule has 29 heavy (non-hydrogen) atoms. The van der Waals surface area contributed by atoms with Crippen molar-refractivity contribution in [2.24, 2.45) is 0 Å². The van der Waals surface area contributed by atoms with Crippen molar-refractivity contribution < 1.29 is 19.0 Å². The van der Waals surface area contributed by atoms with E-state index in [1.54, 1.807) is 33.1 Å². The van der Waals surface area contributed by atoms with Crippen LogP contribution in [0.5, 0.6) is 17.2 Å². The van der Waals surface area contributed by atoms with Gasteiger partial charge in [-0.2, -0.15) is 0 Å². The molecule has 1 saturated heterocycles. The average Bonchev–Trinajstić information content (AvgIpc) is 2.73. The molecule has 1 fully saturated rings. The topological polar surface area (TPSA) is 51.2 Å². The minimum Gasteiger partial charge on any atom is -0.496 e. The molecule has 0 spiro atoms. The first-order valence-electron chi connectivity index (χ1n) is 9.48. The lowest BCUT2D eigenvalue weighted by Crippen LogP contribution is -2.55. The van der Waals surface area contributed by atoms with Crippen LogP contribution in [0.3, 0.4) is 0 Å². The summed E-state index contributed by atoms with van der Waals surface area (Å²) < 4.78 is 16.3. The lowest BCUT2D eigenvalue weighted by Gasteiger charge is -2.40. The van der Waals surface area contributed by atoms with Gasteiger partial charge in [0.15, 0.2) is 11.5 Å². The number of piperazine rings is 1. The zero-order valence-corrected chi connectivity index (χ0v) is 18.4. The van der Waals surface area contributed by atoms with Crippen molar-refractivity contribution in [3.05, 3.63) is 42.0 Å². The number of para-hydroxylation sites is 1. The molecule has 1 amide bonds. The molecule has 0 aliphatic carbocycles. The second-order valence-corrected chi connectivity index (χ2v) is 7.82.